The summed E-state index contributed by atoms with van der Waals surface area (Å²) in [6.07, 6.45) is 6.35. The van der Waals surface area contributed by atoms with Gasteiger partial charge in [0.25, 0.3) is 5.91 Å². The number of carbonyl (C=O) groups is 1. The Bertz CT molecular complexity index is 537. The monoisotopic (exact) mass is 343 g/mol. The second-order valence-electron chi connectivity index (χ2n) is 7.84. The Hall–Kier alpha value is -1.39. The van der Waals surface area contributed by atoms with E-state index in [1.165, 1.54) is 57.4 Å². The third kappa shape index (κ3) is 5.82. The molecule has 2 aliphatic rings. The van der Waals surface area contributed by atoms with Gasteiger partial charge in [0.05, 0.1) is 0 Å². The first kappa shape index (κ1) is 18.4. The molecule has 2 heterocycles. The summed E-state index contributed by atoms with van der Waals surface area (Å²) in [4.78, 5) is 17.3. The summed E-state index contributed by atoms with van der Waals surface area (Å²) in [6.45, 7) is 10.1. The Balaban J connectivity index is 1.39. The van der Waals surface area contributed by atoms with Gasteiger partial charge in [-0.1, -0.05) is 19.1 Å². The minimum atomic E-state index is 0.0552. The zero-order chi connectivity index (χ0) is 17.5. The molecule has 4 nitrogen and oxygen atoms in total. The second-order valence-corrected chi connectivity index (χ2v) is 7.84. The zero-order valence-electron chi connectivity index (χ0n) is 15.7. The number of hydrogen-bond donors (Lipinski definition) is 1. The third-order valence-electron chi connectivity index (χ3n) is 5.50. The molecular formula is C21H33N3O. The second kappa shape index (κ2) is 9.35. The number of benzene rings is 1. The van der Waals surface area contributed by atoms with E-state index in [4.69, 9.17) is 0 Å². The summed E-state index contributed by atoms with van der Waals surface area (Å²) < 4.78 is 0. The van der Waals surface area contributed by atoms with Crippen molar-refractivity contribution in [3.05, 3.63) is 35.4 Å². The number of nitrogens with zero attached hydrogens (tertiary/aromatic N) is 2. The molecule has 138 valence electrons. The van der Waals surface area contributed by atoms with Gasteiger partial charge in [-0.15, -0.1) is 0 Å². The summed E-state index contributed by atoms with van der Waals surface area (Å²) in [5, 5.41) is 3.05. The molecule has 2 aliphatic heterocycles. The van der Waals surface area contributed by atoms with Gasteiger partial charge in [0.1, 0.15) is 0 Å². The molecule has 3 rings (SSSR count). The largest absolute Gasteiger partial charge is 0.352 e. The molecule has 1 atom stereocenters. The zero-order valence-corrected chi connectivity index (χ0v) is 15.7. The van der Waals surface area contributed by atoms with Crippen molar-refractivity contribution in [2.75, 3.05) is 39.3 Å². The fourth-order valence-corrected chi connectivity index (χ4v) is 4.06. The van der Waals surface area contributed by atoms with Crippen molar-refractivity contribution in [1.29, 1.82) is 0 Å². The molecule has 0 saturated carbocycles. The number of nitrogens with one attached hydrogen (secondary N) is 1. The molecule has 0 unspecified atom stereocenters. The Morgan fingerprint density at radius 2 is 1.80 bits per heavy atom. The summed E-state index contributed by atoms with van der Waals surface area (Å²) in [6, 6.07) is 8.16. The van der Waals surface area contributed by atoms with Crippen LogP contribution in [0, 0.1) is 5.92 Å². The van der Waals surface area contributed by atoms with Crippen LogP contribution in [-0.4, -0.2) is 55.0 Å². The predicted octanol–water partition coefficient (Wildman–Crippen LogP) is 3.13. The van der Waals surface area contributed by atoms with Crippen molar-refractivity contribution in [1.82, 2.24) is 15.1 Å². The molecule has 0 bridgehead atoms. The van der Waals surface area contributed by atoms with Crippen LogP contribution in [0.1, 0.15) is 54.9 Å². The number of hydrogen-bond acceptors (Lipinski definition) is 3. The lowest BCUT2D eigenvalue weighted by molar-refractivity contribution is 0.0952. The number of likely N-dealkylation sites (tertiary alicyclic amines) is 2. The lowest BCUT2D eigenvalue weighted by Crippen LogP contribution is -2.33. The molecule has 2 fully saturated rings. The van der Waals surface area contributed by atoms with Gasteiger partial charge < -0.3 is 10.2 Å². The van der Waals surface area contributed by atoms with Crippen LogP contribution in [0.25, 0.3) is 0 Å². The van der Waals surface area contributed by atoms with E-state index in [1.54, 1.807) is 0 Å². The quantitative estimate of drug-likeness (QED) is 0.773. The molecule has 25 heavy (non-hydrogen) atoms. The van der Waals surface area contributed by atoms with E-state index in [0.717, 1.165) is 37.5 Å². The van der Waals surface area contributed by atoms with Crippen LogP contribution in [0.4, 0.5) is 0 Å². The van der Waals surface area contributed by atoms with Crippen molar-refractivity contribution in [3.8, 4) is 0 Å². The molecule has 0 aliphatic carbocycles. The highest BCUT2D eigenvalue weighted by Gasteiger charge is 2.16. The lowest BCUT2D eigenvalue weighted by Gasteiger charge is -2.30. The highest BCUT2D eigenvalue weighted by atomic mass is 16.1. The average Bonchev–Trinajstić information content (AvgIpc) is 3.13. The molecule has 0 radical (unpaired) electrons. The van der Waals surface area contributed by atoms with Gasteiger partial charge in [-0.3, -0.25) is 9.69 Å². The number of rotatable bonds is 7. The first-order valence-electron chi connectivity index (χ1n) is 10.0. The van der Waals surface area contributed by atoms with Crippen LogP contribution < -0.4 is 5.32 Å². The molecule has 0 spiro atoms. The van der Waals surface area contributed by atoms with Gasteiger partial charge in [0, 0.05) is 25.2 Å². The molecule has 4 heteroatoms. The number of carbonyl (C=O) groups excluding carboxylic acids is 1. The minimum absolute atomic E-state index is 0.0552. The topological polar surface area (TPSA) is 35.6 Å². The van der Waals surface area contributed by atoms with E-state index in [-0.39, 0.29) is 5.91 Å². The molecule has 1 N–H and O–H groups in total. The highest BCUT2D eigenvalue weighted by Crippen LogP contribution is 2.18. The normalized spacial score (nSPS) is 22.2. The summed E-state index contributed by atoms with van der Waals surface area (Å²) in [7, 11) is 0. The van der Waals surface area contributed by atoms with Crippen LogP contribution in [0.3, 0.4) is 0 Å². The van der Waals surface area contributed by atoms with Gasteiger partial charge in [-0.05, 0) is 81.9 Å². The van der Waals surface area contributed by atoms with Gasteiger partial charge in [0.2, 0.25) is 0 Å². The van der Waals surface area contributed by atoms with Gasteiger partial charge in [-0.25, -0.2) is 0 Å². The average molecular weight is 344 g/mol. The van der Waals surface area contributed by atoms with Crippen LogP contribution in [-0.2, 0) is 6.54 Å². The summed E-state index contributed by atoms with van der Waals surface area (Å²) >= 11 is 0. The van der Waals surface area contributed by atoms with Crippen molar-refractivity contribution in [2.24, 2.45) is 5.92 Å². The maximum absolute atomic E-state index is 12.2. The Morgan fingerprint density at radius 1 is 1.08 bits per heavy atom. The van der Waals surface area contributed by atoms with Gasteiger partial charge in [0.15, 0.2) is 0 Å². The van der Waals surface area contributed by atoms with Crippen LogP contribution >= 0.6 is 0 Å². The van der Waals surface area contributed by atoms with Crippen molar-refractivity contribution >= 4 is 5.91 Å². The Labute approximate surface area is 152 Å². The first-order chi connectivity index (χ1) is 12.2. The van der Waals surface area contributed by atoms with E-state index in [0.29, 0.717) is 0 Å². The SMILES string of the molecule is C[C@@H]1CCCN(Cc2ccc(C(=O)NCCCN3CCCC3)cc2)C1. The van der Waals surface area contributed by atoms with Crippen LogP contribution in [0.2, 0.25) is 0 Å². The smallest absolute Gasteiger partial charge is 0.251 e. The molecular weight excluding hydrogens is 310 g/mol. The van der Waals surface area contributed by atoms with Crippen LogP contribution in [0.5, 0.6) is 0 Å². The maximum atomic E-state index is 12.2. The predicted molar refractivity (Wildman–Crippen MR) is 103 cm³/mol. The number of piperidine rings is 1. The highest BCUT2D eigenvalue weighted by molar-refractivity contribution is 5.94. The van der Waals surface area contributed by atoms with E-state index in [1.807, 2.05) is 12.1 Å². The van der Waals surface area contributed by atoms with E-state index in [9.17, 15) is 4.79 Å². The van der Waals surface area contributed by atoms with Crippen LogP contribution in [0.15, 0.2) is 24.3 Å². The van der Waals surface area contributed by atoms with E-state index < -0.39 is 0 Å². The van der Waals surface area contributed by atoms with Crippen molar-refractivity contribution in [2.45, 2.75) is 45.6 Å². The molecule has 2 saturated heterocycles. The van der Waals surface area contributed by atoms with E-state index >= 15 is 0 Å². The van der Waals surface area contributed by atoms with Crippen molar-refractivity contribution < 1.29 is 4.79 Å². The Morgan fingerprint density at radius 3 is 2.52 bits per heavy atom. The molecule has 1 aromatic carbocycles. The lowest BCUT2D eigenvalue weighted by atomic mass is 9.99. The standard InChI is InChI=1S/C21H33N3O/c1-18-6-4-14-24(16-18)17-19-7-9-20(10-8-19)21(25)22-11-5-15-23-12-2-3-13-23/h7-10,18H,2-6,11-17H2,1H3,(H,22,25)/t18-/m1/s1. The van der Waals surface area contributed by atoms with Gasteiger partial charge >= 0.3 is 0 Å². The van der Waals surface area contributed by atoms with Gasteiger partial charge in [-0.2, -0.15) is 0 Å². The van der Waals surface area contributed by atoms with E-state index in [2.05, 4.69) is 34.2 Å². The van der Waals surface area contributed by atoms with Crippen molar-refractivity contribution in [3.63, 3.8) is 0 Å². The maximum Gasteiger partial charge on any atom is 0.251 e. The first-order valence-corrected chi connectivity index (χ1v) is 10.0. The fraction of sp³-hybridized carbons (Fsp3) is 0.667. The minimum Gasteiger partial charge on any atom is -0.352 e. The summed E-state index contributed by atoms with van der Waals surface area (Å²) in [5.74, 6) is 0.860. The summed E-state index contributed by atoms with van der Waals surface area (Å²) in [5.41, 5.74) is 2.08. The molecule has 1 aromatic rings. The molecule has 1 amide bonds. The fourth-order valence-electron chi connectivity index (χ4n) is 4.06. The number of amides is 1. The Kier molecular flexibility index (Phi) is 6.88. The molecule has 0 aromatic heterocycles. The third-order valence-corrected chi connectivity index (χ3v) is 5.50.